The van der Waals surface area contributed by atoms with Gasteiger partial charge < -0.3 is 5.32 Å². The number of benzene rings is 1. The number of allylic oxidation sites excluding steroid dienone is 3. The SMILES string of the molecule is C=C/C=C(\C=C/CC)C(=O)Nc1ccccc1.CC.CC.CC.CC. The fourth-order valence-corrected chi connectivity index (χ4v) is 1.30. The van der Waals surface area contributed by atoms with E-state index in [1.807, 2.05) is 98.7 Å². The summed E-state index contributed by atoms with van der Waals surface area (Å²) in [6, 6.07) is 9.38. The number of hydrogen-bond donors (Lipinski definition) is 1. The Balaban J connectivity index is -0.000000241. The minimum Gasteiger partial charge on any atom is -0.322 e. The molecule has 0 unspecified atom stereocenters. The van der Waals surface area contributed by atoms with Crippen LogP contribution in [0.5, 0.6) is 0 Å². The molecule has 0 saturated carbocycles. The maximum Gasteiger partial charge on any atom is 0.255 e. The second-order valence-electron chi connectivity index (χ2n) is 3.49. The Labute approximate surface area is 157 Å². The van der Waals surface area contributed by atoms with E-state index in [-0.39, 0.29) is 5.91 Å². The maximum atomic E-state index is 11.9. The van der Waals surface area contributed by atoms with Gasteiger partial charge in [0.25, 0.3) is 5.91 Å². The minimum absolute atomic E-state index is 0.124. The van der Waals surface area contributed by atoms with Gasteiger partial charge in [-0.1, -0.05) is 111 Å². The van der Waals surface area contributed by atoms with Gasteiger partial charge in [0.15, 0.2) is 0 Å². The quantitative estimate of drug-likeness (QED) is 0.427. The molecular formula is C23H41NO. The molecule has 0 radical (unpaired) electrons. The molecule has 2 nitrogen and oxygen atoms in total. The van der Waals surface area contributed by atoms with Crippen molar-refractivity contribution in [2.75, 3.05) is 5.32 Å². The number of rotatable bonds is 5. The fourth-order valence-electron chi connectivity index (χ4n) is 1.30. The summed E-state index contributed by atoms with van der Waals surface area (Å²) < 4.78 is 0. The second kappa shape index (κ2) is 29.9. The van der Waals surface area contributed by atoms with Crippen molar-refractivity contribution in [3.05, 3.63) is 66.8 Å². The Morgan fingerprint density at radius 2 is 1.44 bits per heavy atom. The lowest BCUT2D eigenvalue weighted by Crippen LogP contribution is -2.13. The predicted octanol–water partition coefficient (Wildman–Crippen LogP) is 7.81. The van der Waals surface area contributed by atoms with E-state index in [4.69, 9.17) is 0 Å². The first-order valence-corrected chi connectivity index (χ1v) is 9.63. The van der Waals surface area contributed by atoms with E-state index in [0.717, 1.165) is 12.1 Å². The zero-order valence-electron chi connectivity index (χ0n) is 18.0. The van der Waals surface area contributed by atoms with Crippen molar-refractivity contribution < 1.29 is 4.79 Å². The number of amides is 1. The van der Waals surface area contributed by atoms with E-state index in [1.165, 1.54) is 0 Å². The van der Waals surface area contributed by atoms with Crippen LogP contribution in [0.25, 0.3) is 0 Å². The number of carbonyl (C=O) groups excluding carboxylic acids is 1. The number of para-hydroxylation sites is 1. The highest BCUT2D eigenvalue weighted by Gasteiger charge is 2.05. The summed E-state index contributed by atoms with van der Waals surface area (Å²) in [4.78, 5) is 11.9. The molecule has 0 heterocycles. The van der Waals surface area contributed by atoms with Crippen LogP contribution in [0.4, 0.5) is 5.69 Å². The first kappa shape index (κ1) is 30.8. The summed E-state index contributed by atoms with van der Waals surface area (Å²) in [5, 5.41) is 2.83. The van der Waals surface area contributed by atoms with Gasteiger partial charge in [-0.05, 0) is 18.6 Å². The van der Waals surface area contributed by atoms with Gasteiger partial charge in [0.1, 0.15) is 0 Å². The zero-order valence-corrected chi connectivity index (χ0v) is 18.0. The smallest absolute Gasteiger partial charge is 0.255 e. The summed E-state index contributed by atoms with van der Waals surface area (Å²) in [5.74, 6) is -0.124. The molecular weight excluding hydrogens is 306 g/mol. The summed E-state index contributed by atoms with van der Waals surface area (Å²) in [7, 11) is 0. The molecule has 0 fully saturated rings. The van der Waals surface area contributed by atoms with Crippen LogP contribution in [0.3, 0.4) is 0 Å². The average molecular weight is 348 g/mol. The summed E-state index contributed by atoms with van der Waals surface area (Å²) in [6.07, 6.45) is 7.96. The Hall–Kier alpha value is -2.09. The van der Waals surface area contributed by atoms with Crippen LogP contribution in [0.15, 0.2) is 66.8 Å². The average Bonchev–Trinajstić information content (AvgIpc) is 2.72. The first-order chi connectivity index (χ1) is 12.3. The molecule has 25 heavy (non-hydrogen) atoms. The standard InChI is InChI=1S/C15H17NO.4C2H6/c1-3-5-10-13(9-4-2)15(17)16-14-11-7-6-8-12-14;4*1-2/h4-12H,2-3H2,1H3,(H,16,17);4*1-2H3/b10-5-,13-9+;;;;. The van der Waals surface area contributed by atoms with E-state index in [2.05, 4.69) is 11.9 Å². The first-order valence-electron chi connectivity index (χ1n) is 9.63. The molecule has 1 aromatic rings. The molecule has 0 bridgehead atoms. The Kier molecular flexibility index (Phi) is 36.7. The summed E-state index contributed by atoms with van der Waals surface area (Å²) in [6.45, 7) is 21.6. The van der Waals surface area contributed by atoms with Crippen molar-refractivity contribution in [3.8, 4) is 0 Å². The minimum atomic E-state index is -0.124. The highest BCUT2D eigenvalue weighted by atomic mass is 16.1. The van der Waals surface area contributed by atoms with Gasteiger partial charge in [-0.2, -0.15) is 0 Å². The van der Waals surface area contributed by atoms with Crippen molar-refractivity contribution >= 4 is 11.6 Å². The van der Waals surface area contributed by atoms with E-state index >= 15 is 0 Å². The predicted molar refractivity (Wildman–Crippen MR) is 118 cm³/mol. The van der Waals surface area contributed by atoms with Crippen LogP contribution in [-0.4, -0.2) is 5.91 Å². The van der Waals surface area contributed by atoms with Crippen molar-refractivity contribution in [1.82, 2.24) is 0 Å². The molecule has 144 valence electrons. The molecule has 0 aliphatic heterocycles. The molecule has 0 spiro atoms. The van der Waals surface area contributed by atoms with Crippen LogP contribution in [-0.2, 0) is 4.79 Å². The monoisotopic (exact) mass is 347 g/mol. The van der Waals surface area contributed by atoms with E-state index < -0.39 is 0 Å². The van der Waals surface area contributed by atoms with E-state index in [9.17, 15) is 4.79 Å². The van der Waals surface area contributed by atoms with Gasteiger partial charge in [-0.25, -0.2) is 0 Å². The van der Waals surface area contributed by atoms with Gasteiger partial charge >= 0.3 is 0 Å². The second-order valence-corrected chi connectivity index (χ2v) is 3.49. The highest BCUT2D eigenvalue weighted by Crippen LogP contribution is 2.08. The summed E-state index contributed by atoms with van der Waals surface area (Å²) in [5.41, 5.74) is 1.39. The van der Waals surface area contributed by atoms with Crippen molar-refractivity contribution in [3.63, 3.8) is 0 Å². The molecule has 0 aliphatic rings. The summed E-state index contributed by atoms with van der Waals surface area (Å²) >= 11 is 0. The van der Waals surface area contributed by atoms with Crippen molar-refractivity contribution in [2.45, 2.75) is 68.7 Å². The Bertz CT molecular complexity index is 431. The number of carbonyl (C=O) groups is 1. The molecule has 1 N–H and O–H groups in total. The van der Waals surface area contributed by atoms with Crippen LogP contribution < -0.4 is 5.32 Å². The molecule has 1 amide bonds. The van der Waals surface area contributed by atoms with Gasteiger partial charge in [-0.15, -0.1) is 0 Å². The molecule has 0 aromatic heterocycles. The molecule has 1 aromatic carbocycles. The van der Waals surface area contributed by atoms with Crippen LogP contribution >= 0.6 is 0 Å². The number of anilines is 1. The van der Waals surface area contributed by atoms with Gasteiger partial charge in [-0.3, -0.25) is 4.79 Å². The molecule has 0 aliphatic carbocycles. The number of hydrogen-bond acceptors (Lipinski definition) is 1. The molecule has 1 rings (SSSR count). The Morgan fingerprint density at radius 1 is 0.960 bits per heavy atom. The third-order valence-corrected chi connectivity index (χ3v) is 2.12. The maximum absolute atomic E-state index is 11.9. The lowest BCUT2D eigenvalue weighted by Gasteiger charge is -2.05. The zero-order chi connectivity index (χ0) is 20.5. The van der Waals surface area contributed by atoms with Crippen molar-refractivity contribution in [2.24, 2.45) is 0 Å². The number of nitrogens with one attached hydrogen (secondary N) is 1. The van der Waals surface area contributed by atoms with Crippen molar-refractivity contribution in [1.29, 1.82) is 0 Å². The lowest BCUT2D eigenvalue weighted by atomic mass is 10.2. The van der Waals surface area contributed by atoms with Crippen LogP contribution in [0.1, 0.15) is 68.7 Å². The van der Waals surface area contributed by atoms with Gasteiger partial charge in [0.05, 0.1) is 0 Å². The van der Waals surface area contributed by atoms with Gasteiger partial charge in [0.2, 0.25) is 0 Å². The lowest BCUT2D eigenvalue weighted by molar-refractivity contribution is -0.112. The molecule has 2 heteroatoms. The van der Waals surface area contributed by atoms with E-state index in [1.54, 1.807) is 18.2 Å². The highest BCUT2D eigenvalue weighted by molar-refractivity contribution is 6.05. The fraction of sp³-hybridized carbons (Fsp3) is 0.435. The van der Waals surface area contributed by atoms with Gasteiger partial charge in [0, 0.05) is 11.3 Å². The topological polar surface area (TPSA) is 29.1 Å². The Morgan fingerprint density at radius 3 is 1.84 bits per heavy atom. The largest absolute Gasteiger partial charge is 0.322 e. The van der Waals surface area contributed by atoms with E-state index in [0.29, 0.717) is 5.57 Å². The van der Waals surface area contributed by atoms with Crippen LogP contribution in [0.2, 0.25) is 0 Å². The molecule has 0 saturated heterocycles. The molecule has 0 atom stereocenters. The van der Waals surface area contributed by atoms with Crippen LogP contribution in [0, 0.1) is 0 Å². The normalized spacial score (nSPS) is 8.76. The third kappa shape index (κ3) is 19.9. The third-order valence-electron chi connectivity index (χ3n) is 2.12.